The van der Waals surface area contributed by atoms with E-state index in [9.17, 15) is 9.59 Å². The molecular weight excluding hydrogens is 417 g/mol. The molecule has 0 spiro atoms. The molecule has 2 heterocycles. The molecule has 2 unspecified atom stereocenters. The minimum atomic E-state index is -0.891. The van der Waals surface area contributed by atoms with Crippen LogP contribution in [0.2, 0.25) is 9.36 Å². The summed E-state index contributed by atoms with van der Waals surface area (Å²) in [6.45, 7) is 0.759. The number of benzene rings is 1. The van der Waals surface area contributed by atoms with E-state index in [1.807, 2.05) is 47.4 Å². The zero-order chi connectivity index (χ0) is 20.1. The lowest BCUT2D eigenvalue weighted by Crippen LogP contribution is -2.44. The molecule has 1 N–H and O–H groups in total. The highest BCUT2D eigenvalue weighted by Gasteiger charge is 2.40. The number of piperidine rings is 1. The number of carboxylic acid groups (broad SMARTS) is 1. The first-order chi connectivity index (χ1) is 13.4. The molecule has 2 fully saturated rings. The molecular formula is C21H23Cl2NO3S. The van der Waals surface area contributed by atoms with Gasteiger partial charge in [0, 0.05) is 22.4 Å². The highest BCUT2D eigenvalue weighted by Crippen LogP contribution is 2.42. The smallest absolute Gasteiger partial charge is 0.304 e. The monoisotopic (exact) mass is 439 g/mol. The number of aliphatic carboxylic acids is 1. The fourth-order valence-corrected chi connectivity index (χ4v) is 4.79. The second-order valence-corrected chi connectivity index (χ2v) is 9.44. The topological polar surface area (TPSA) is 57.6 Å². The van der Waals surface area contributed by atoms with Crippen molar-refractivity contribution >= 4 is 46.4 Å². The number of carbonyl (C=O) groups excluding carboxylic acids is 1. The van der Waals surface area contributed by atoms with Gasteiger partial charge in [0.05, 0.1) is 16.8 Å². The van der Waals surface area contributed by atoms with Gasteiger partial charge in [-0.25, -0.2) is 0 Å². The Labute approximate surface area is 179 Å². The van der Waals surface area contributed by atoms with Crippen molar-refractivity contribution in [1.82, 2.24) is 4.90 Å². The third kappa shape index (κ3) is 5.97. The van der Waals surface area contributed by atoms with Crippen molar-refractivity contribution in [2.75, 3.05) is 6.54 Å². The predicted molar refractivity (Wildman–Crippen MR) is 113 cm³/mol. The third-order valence-electron chi connectivity index (χ3n) is 5.03. The lowest BCUT2D eigenvalue weighted by atomic mass is 9.88. The van der Waals surface area contributed by atoms with Crippen LogP contribution in [0.1, 0.15) is 43.0 Å². The Hall–Kier alpha value is -1.56. The van der Waals surface area contributed by atoms with E-state index < -0.39 is 5.97 Å². The van der Waals surface area contributed by atoms with Crippen molar-refractivity contribution in [3.63, 3.8) is 0 Å². The van der Waals surface area contributed by atoms with Gasteiger partial charge >= 0.3 is 5.97 Å². The number of likely N-dealkylation sites (tertiary alicyclic amines) is 1. The van der Waals surface area contributed by atoms with E-state index in [2.05, 4.69) is 0 Å². The van der Waals surface area contributed by atoms with Crippen molar-refractivity contribution in [3.8, 4) is 0 Å². The summed E-state index contributed by atoms with van der Waals surface area (Å²) in [5.41, 5.74) is 0. The summed E-state index contributed by atoms with van der Waals surface area (Å²) in [5, 5.41) is 9.76. The summed E-state index contributed by atoms with van der Waals surface area (Å²) >= 11 is 13.1. The number of nitrogens with zero attached hydrogens (tertiary/aromatic N) is 1. The molecule has 1 aliphatic heterocycles. The molecule has 1 saturated carbocycles. The fraction of sp³-hybridized carbons (Fsp3) is 0.429. The van der Waals surface area contributed by atoms with Crippen LogP contribution in [0.3, 0.4) is 0 Å². The minimum absolute atomic E-state index is 0.00470. The first-order valence-corrected chi connectivity index (χ1v) is 11.0. The van der Waals surface area contributed by atoms with Gasteiger partial charge in [-0.05, 0) is 55.9 Å². The number of carbonyl (C=O) groups is 2. The van der Waals surface area contributed by atoms with Crippen LogP contribution in [0, 0.1) is 11.8 Å². The molecule has 28 heavy (non-hydrogen) atoms. The van der Waals surface area contributed by atoms with E-state index in [0.29, 0.717) is 12.3 Å². The fourth-order valence-electron chi connectivity index (χ4n) is 3.44. The van der Waals surface area contributed by atoms with E-state index in [-0.39, 0.29) is 24.3 Å². The Morgan fingerprint density at radius 2 is 1.79 bits per heavy atom. The van der Waals surface area contributed by atoms with Gasteiger partial charge < -0.3 is 10.0 Å². The average Bonchev–Trinajstić information content (AvgIpc) is 3.38. The van der Waals surface area contributed by atoms with Crippen molar-refractivity contribution in [2.24, 2.45) is 11.8 Å². The lowest BCUT2D eigenvalue weighted by molar-refractivity contribution is -0.149. The summed E-state index contributed by atoms with van der Waals surface area (Å²) in [6.07, 6.45) is 3.76. The number of thiophene rings is 1. The second-order valence-electron chi connectivity index (χ2n) is 7.26. The molecule has 2 aliphatic rings. The maximum atomic E-state index is 12.6. The van der Waals surface area contributed by atoms with E-state index in [1.165, 1.54) is 24.2 Å². The SMILES string of the molecule is Clc1ccccc1.O=C(O)CC1CCC(c2ccc(Cl)s2)N(CC2CC2)C1=O. The van der Waals surface area contributed by atoms with Crippen molar-refractivity contribution in [1.29, 1.82) is 0 Å². The van der Waals surface area contributed by atoms with Crippen molar-refractivity contribution < 1.29 is 14.7 Å². The number of carboxylic acids is 1. The molecule has 150 valence electrons. The molecule has 4 nitrogen and oxygen atoms in total. The largest absolute Gasteiger partial charge is 0.481 e. The zero-order valence-corrected chi connectivity index (χ0v) is 17.7. The standard InChI is InChI=1S/C15H18ClNO3S.C6H5Cl/c16-13-6-5-12(21-13)11-4-3-10(7-14(18)19)15(20)17(11)8-9-1-2-9;7-6-4-2-1-3-5-6/h5-6,9-11H,1-4,7-8H2,(H,18,19);1-5H. The van der Waals surface area contributed by atoms with Gasteiger partial charge in [-0.3, -0.25) is 9.59 Å². The van der Waals surface area contributed by atoms with Crippen LogP contribution in [-0.2, 0) is 9.59 Å². The van der Waals surface area contributed by atoms with Gasteiger partial charge in [0.15, 0.2) is 0 Å². The molecule has 4 rings (SSSR count). The molecule has 1 aliphatic carbocycles. The van der Waals surface area contributed by atoms with E-state index in [1.54, 1.807) is 0 Å². The highest BCUT2D eigenvalue weighted by molar-refractivity contribution is 7.16. The molecule has 1 aromatic heterocycles. The summed E-state index contributed by atoms with van der Waals surface area (Å²) in [4.78, 5) is 26.6. The van der Waals surface area contributed by atoms with Crippen LogP contribution in [-0.4, -0.2) is 28.4 Å². The molecule has 1 saturated heterocycles. The molecule has 2 aromatic rings. The quantitative estimate of drug-likeness (QED) is 0.629. The normalized spacial score (nSPS) is 21.8. The summed E-state index contributed by atoms with van der Waals surface area (Å²) < 4.78 is 0.733. The van der Waals surface area contributed by atoms with Crippen molar-refractivity contribution in [3.05, 3.63) is 56.7 Å². The summed E-state index contributed by atoms with van der Waals surface area (Å²) in [5.74, 6) is -0.661. The number of halogens is 2. The lowest BCUT2D eigenvalue weighted by Gasteiger charge is -2.39. The number of rotatable bonds is 5. The van der Waals surface area contributed by atoms with Gasteiger partial charge in [0.2, 0.25) is 5.91 Å². The van der Waals surface area contributed by atoms with Gasteiger partial charge in [0.25, 0.3) is 0 Å². The van der Waals surface area contributed by atoms with Crippen LogP contribution in [0.5, 0.6) is 0 Å². The van der Waals surface area contributed by atoms with Crippen molar-refractivity contribution in [2.45, 2.75) is 38.1 Å². The number of hydrogen-bond donors (Lipinski definition) is 1. The Balaban J connectivity index is 0.000000271. The molecule has 2 atom stereocenters. The Kier molecular flexibility index (Phi) is 7.38. The molecule has 0 radical (unpaired) electrons. The maximum Gasteiger partial charge on any atom is 0.304 e. The Bertz CT molecular complexity index is 807. The molecule has 1 aromatic carbocycles. The molecule has 1 amide bonds. The minimum Gasteiger partial charge on any atom is -0.481 e. The van der Waals surface area contributed by atoms with Crippen LogP contribution in [0.4, 0.5) is 0 Å². The van der Waals surface area contributed by atoms with Crippen LogP contribution in [0.25, 0.3) is 0 Å². The van der Waals surface area contributed by atoms with E-state index >= 15 is 0 Å². The zero-order valence-electron chi connectivity index (χ0n) is 15.4. The van der Waals surface area contributed by atoms with Gasteiger partial charge in [-0.2, -0.15) is 0 Å². The summed E-state index contributed by atoms with van der Waals surface area (Å²) in [7, 11) is 0. The average molecular weight is 440 g/mol. The molecule has 7 heteroatoms. The van der Waals surface area contributed by atoms with Crippen LogP contribution >= 0.6 is 34.5 Å². The first kappa shape index (κ1) is 21.2. The number of amides is 1. The van der Waals surface area contributed by atoms with Gasteiger partial charge in [-0.15, -0.1) is 11.3 Å². The van der Waals surface area contributed by atoms with E-state index in [0.717, 1.165) is 27.2 Å². The van der Waals surface area contributed by atoms with Gasteiger partial charge in [0.1, 0.15) is 0 Å². The Morgan fingerprint density at radius 1 is 1.07 bits per heavy atom. The Morgan fingerprint density at radius 3 is 2.29 bits per heavy atom. The van der Waals surface area contributed by atoms with E-state index in [4.69, 9.17) is 28.3 Å². The second kappa shape index (κ2) is 9.77. The van der Waals surface area contributed by atoms with Crippen LogP contribution in [0.15, 0.2) is 42.5 Å². The molecule has 0 bridgehead atoms. The van der Waals surface area contributed by atoms with Gasteiger partial charge in [-0.1, -0.05) is 41.4 Å². The third-order valence-corrected chi connectivity index (χ3v) is 6.61. The summed E-state index contributed by atoms with van der Waals surface area (Å²) in [6, 6.07) is 13.4. The number of hydrogen-bond acceptors (Lipinski definition) is 3. The predicted octanol–water partition coefficient (Wildman–Crippen LogP) is 5.91. The van der Waals surface area contributed by atoms with Crippen LogP contribution < -0.4 is 0 Å². The maximum absolute atomic E-state index is 12.6. The highest BCUT2D eigenvalue weighted by atomic mass is 35.5. The first-order valence-electron chi connectivity index (χ1n) is 9.42.